The lowest BCUT2D eigenvalue weighted by atomic mass is 10.2. The number of halogens is 3. The monoisotopic (exact) mass is 289 g/mol. The van der Waals surface area contributed by atoms with E-state index in [-0.39, 0.29) is 5.75 Å². The van der Waals surface area contributed by atoms with E-state index in [1.54, 1.807) is 12.1 Å². The Balaban J connectivity index is 1.85. The SMILES string of the molecule is CN1CCN(NCc2cccc(OC(F)(F)F)c2)CC1. The molecule has 0 spiro atoms. The van der Waals surface area contributed by atoms with E-state index in [1.165, 1.54) is 12.1 Å². The lowest BCUT2D eigenvalue weighted by Crippen LogP contribution is -2.50. The van der Waals surface area contributed by atoms with Crippen LogP contribution < -0.4 is 10.2 Å². The first-order chi connectivity index (χ1) is 9.42. The van der Waals surface area contributed by atoms with Crippen LogP contribution in [0.4, 0.5) is 13.2 Å². The second-order valence-corrected chi connectivity index (χ2v) is 4.82. The molecule has 0 bridgehead atoms. The molecule has 1 aromatic rings. The normalized spacial score (nSPS) is 18.2. The molecule has 0 atom stereocenters. The van der Waals surface area contributed by atoms with Gasteiger partial charge in [0.1, 0.15) is 5.75 Å². The van der Waals surface area contributed by atoms with Crippen molar-refractivity contribution in [3.8, 4) is 5.75 Å². The van der Waals surface area contributed by atoms with Crippen LogP contribution in [0.25, 0.3) is 0 Å². The maximum atomic E-state index is 12.1. The molecule has 1 fully saturated rings. The first-order valence-electron chi connectivity index (χ1n) is 6.44. The molecule has 1 aliphatic rings. The molecule has 0 saturated carbocycles. The molecule has 1 aliphatic heterocycles. The number of nitrogens with zero attached hydrogens (tertiary/aromatic N) is 2. The van der Waals surface area contributed by atoms with Crippen LogP contribution in [-0.4, -0.2) is 49.5 Å². The van der Waals surface area contributed by atoms with E-state index < -0.39 is 6.36 Å². The average molecular weight is 289 g/mol. The van der Waals surface area contributed by atoms with Crippen LogP contribution in [0.3, 0.4) is 0 Å². The van der Waals surface area contributed by atoms with Crippen molar-refractivity contribution in [2.24, 2.45) is 0 Å². The van der Waals surface area contributed by atoms with Gasteiger partial charge in [-0.05, 0) is 24.7 Å². The highest BCUT2D eigenvalue weighted by molar-refractivity contribution is 5.28. The van der Waals surface area contributed by atoms with Gasteiger partial charge in [-0.3, -0.25) is 5.43 Å². The van der Waals surface area contributed by atoms with E-state index in [4.69, 9.17) is 0 Å². The Morgan fingerprint density at radius 2 is 1.90 bits per heavy atom. The van der Waals surface area contributed by atoms with Crippen LogP contribution in [0.5, 0.6) is 5.75 Å². The third-order valence-electron chi connectivity index (χ3n) is 3.14. The van der Waals surface area contributed by atoms with E-state index in [0.717, 1.165) is 31.7 Å². The van der Waals surface area contributed by atoms with E-state index in [1.807, 2.05) is 0 Å². The molecular formula is C13H18F3N3O. The number of ether oxygens (including phenoxy) is 1. The fraction of sp³-hybridized carbons (Fsp3) is 0.538. The topological polar surface area (TPSA) is 27.7 Å². The number of hydrazine groups is 1. The summed E-state index contributed by atoms with van der Waals surface area (Å²) in [6.45, 7) is 4.23. The van der Waals surface area contributed by atoms with Crippen molar-refractivity contribution < 1.29 is 17.9 Å². The molecule has 0 radical (unpaired) electrons. The zero-order chi connectivity index (χ0) is 14.6. The molecule has 1 aromatic carbocycles. The van der Waals surface area contributed by atoms with Crippen LogP contribution in [0.2, 0.25) is 0 Å². The standard InChI is InChI=1S/C13H18F3N3O/c1-18-5-7-19(8-6-18)17-10-11-3-2-4-12(9-11)20-13(14,15)16/h2-4,9,17H,5-8,10H2,1H3. The summed E-state index contributed by atoms with van der Waals surface area (Å²) in [6, 6.07) is 6.03. The van der Waals surface area contributed by atoms with Crippen LogP contribution in [0.15, 0.2) is 24.3 Å². The van der Waals surface area contributed by atoms with Crippen molar-refractivity contribution in [3.05, 3.63) is 29.8 Å². The third kappa shape index (κ3) is 4.99. The van der Waals surface area contributed by atoms with Crippen molar-refractivity contribution >= 4 is 0 Å². The molecule has 0 amide bonds. The van der Waals surface area contributed by atoms with Crippen molar-refractivity contribution in [2.75, 3.05) is 33.2 Å². The van der Waals surface area contributed by atoms with Crippen LogP contribution in [-0.2, 0) is 6.54 Å². The Morgan fingerprint density at radius 3 is 2.55 bits per heavy atom. The highest BCUT2D eigenvalue weighted by Gasteiger charge is 2.31. The minimum Gasteiger partial charge on any atom is -0.406 e. The summed E-state index contributed by atoms with van der Waals surface area (Å²) in [5, 5.41) is 2.08. The maximum Gasteiger partial charge on any atom is 0.573 e. The summed E-state index contributed by atoms with van der Waals surface area (Å²) < 4.78 is 40.3. The average Bonchev–Trinajstić information content (AvgIpc) is 2.36. The number of hydrogen-bond acceptors (Lipinski definition) is 4. The molecule has 2 rings (SSSR count). The Labute approximate surface area is 116 Å². The van der Waals surface area contributed by atoms with Gasteiger partial charge in [-0.2, -0.15) is 0 Å². The van der Waals surface area contributed by atoms with Gasteiger partial charge in [0.2, 0.25) is 0 Å². The molecule has 7 heteroatoms. The Kier molecular flexibility index (Phi) is 4.85. The summed E-state index contributed by atoms with van der Waals surface area (Å²) in [7, 11) is 2.06. The van der Waals surface area contributed by atoms with Crippen LogP contribution in [0.1, 0.15) is 5.56 Å². The van der Waals surface area contributed by atoms with E-state index >= 15 is 0 Å². The van der Waals surface area contributed by atoms with Gasteiger partial charge >= 0.3 is 6.36 Å². The second kappa shape index (κ2) is 6.43. The lowest BCUT2D eigenvalue weighted by molar-refractivity contribution is -0.274. The molecule has 1 heterocycles. The molecule has 0 aromatic heterocycles. The fourth-order valence-electron chi connectivity index (χ4n) is 2.02. The van der Waals surface area contributed by atoms with Gasteiger partial charge in [-0.15, -0.1) is 13.2 Å². The zero-order valence-corrected chi connectivity index (χ0v) is 11.3. The number of alkyl halides is 3. The first kappa shape index (κ1) is 15.1. The Morgan fingerprint density at radius 1 is 1.20 bits per heavy atom. The van der Waals surface area contributed by atoms with E-state index in [2.05, 4.69) is 27.1 Å². The summed E-state index contributed by atoms with van der Waals surface area (Å²) in [4.78, 5) is 2.23. The van der Waals surface area contributed by atoms with Crippen molar-refractivity contribution in [1.82, 2.24) is 15.3 Å². The summed E-state index contributed by atoms with van der Waals surface area (Å²) in [5.41, 5.74) is 3.97. The molecule has 1 N–H and O–H groups in total. The van der Waals surface area contributed by atoms with Gasteiger partial charge in [0, 0.05) is 32.7 Å². The predicted molar refractivity (Wildman–Crippen MR) is 69.0 cm³/mol. The van der Waals surface area contributed by atoms with Crippen molar-refractivity contribution in [2.45, 2.75) is 12.9 Å². The second-order valence-electron chi connectivity index (χ2n) is 4.82. The van der Waals surface area contributed by atoms with Crippen LogP contribution in [0, 0.1) is 0 Å². The maximum absolute atomic E-state index is 12.1. The Bertz CT molecular complexity index is 431. The number of nitrogens with one attached hydrogen (secondary N) is 1. The molecule has 20 heavy (non-hydrogen) atoms. The third-order valence-corrected chi connectivity index (χ3v) is 3.14. The largest absolute Gasteiger partial charge is 0.573 e. The Hall–Kier alpha value is -1.31. The van der Waals surface area contributed by atoms with E-state index in [9.17, 15) is 13.2 Å². The minimum absolute atomic E-state index is 0.185. The van der Waals surface area contributed by atoms with Gasteiger partial charge in [0.15, 0.2) is 0 Å². The van der Waals surface area contributed by atoms with Gasteiger partial charge < -0.3 is 9.64 Å². The summed E-state index contributed by atoms with van der Waals surface area (Å²) in [5.74, 6) is -0.185. The summed E-state index contributed by atoms with van der Waals surface area (Å²) in [6.07, 6.45) is -4.65. The smallest absolute Gasteiger partial charge is 0.406 e. The molecule has 0 aliphatic carbocycles. The zero-order valence-electron chi connectivity index (χ0n) is 11.3. The van der Waals surface area contributed by atoms with Crippen molar-refractivity contribution in [1.29, 1.82) is 0 Å². The minimum atomic E-state index is -4.65. The predicted octanol–water partition coefficient (Wildman–Crippen LogP) is 1.84. The number of benzene rings is 1. The number of hydrogen-bond donors (Lipinski definition) is 1. The molecule has 0 unspecified atom stereocenters. The van der Waals surface area contributed by atoms with Crippen molar-refractivity contribution in [3.63, 3.8) is 0 Å². The van der Waals surface area contributed by atoms with Gasteiger partial charge in [-0.1, -0.05) is 12.1 Å². The van der Waals surface area contributed by atoms with Crippen LogP contribution >= 0.6 is 0 Å². The lowest BCUT2D eigenvalue weighted by Gasteiger charge is -2.32. The number of rotatable bonds is 4. The highest BCUT2D eigenvalue weighted by atomic mass is 19.4. The molecule has 1 saturated heterocycles. The number of piperazine rings is 1. The first-order valence-corrected chi connectivity index (χ1v) is 6.44. The van der Waals surface area contributed by atoms with E-state index in [0.29, 0.717) is 6.54 Å². The molecule has 4 nitrogen and oxygen atoms in total. The van der Waals surface area contributed by atoms with Gasteiger partial charge in [0.25, 0.3) is 0 Å². The highest BCUT2D eigenvalue weighted by Crippen LogP contribution is 2.23. The van der Waals surface area contributed by atoms with Gasteiger partial charge in [-0.25, -0.2) is 5.01 Å². The molecular weight excluding hydrogens is 271 g/mol. The number of likely N-dealkylation sites (N-methyl/N-ethyl adjacent to an activating group) is 1. The quantitative estimate of drug-likeness (QED) is 0.915. The summed E-state index contributed by atoms with van der Waals surface area (Å²) >= 11 is 0. The molecule has 112 valence electrons. The van der Waals surface area contributed by atoms with Gasteiger partial charge in [0.05, 0.1) is 0 Å². The fourth-order valence-corrected chi connectivity index (χ4v) is 2.02.